The molecule has 166 valence electrons. The Morgan fingerprint density at radius 2 is 1.53 bits per heavy atom. The summed E-state index contributed by atoms with van der Waals surface area (Å²) in [6, 6.07) is 17.7. The van der Waals surface area contributed by atoms with Gasteiger partial charge in [-0.3, -0.25) is 9.10 Å². The number of ether oxygens (including phenoxy) is 1. The van der Waals surface area contributed by atoms with Crippen molar-refractivity contribution in [1.82, 2.24) is 0 Å². The van der Waals surface area contributed by atoms with Gasteiger partial charge in [-0.05, 0) is 69.2 Å². The highest BCUT2D eigenvalue weighted by atomic mass is 32.2. The molecule has 1 aliphatic rings. The smallest absolute Gasteiger partial charge is 0.267 e. The van der Waals surface area contributed by atoms with Gasteiger partial charge in [0.05, 0.1) is 17.1 Å². The first-order valence-electron chi connectivity index (χ1n) is 10.4. The minimum absolute atomic E-state index is 0.122. The Morgan fingerprint density at radius 3 is 2.22 bits per heavy atom. The molecule has 0 fully saturated rings. The van der Waals surface area contributed by atoms with E-state index in [1.165, 1.54) is 4.31 Å². The van der Waals surface area contributed by atoms with Crippen LogP contribution in [0, 0.1) is 27.7 Å². The Morgan fingerprint density at radius 1 is 0.906 bits per heavy atom. The molecule has 6 nitrogen and oxygen atoms in total. The van der Waals surface area contributed by atoms with E-state index in [9.17, 15) is 13.2 Å². The summed E-state index contributed by atoms with van der Waals surface area (Å²) in [7, 11) is -3.88. The second-order valence-corrected chi connectivity index (χ2v) is 10.1. The van der Waals surface area contributed by atoms with E-state index in [4.69, 9.17) is 4.74 Å². The first-order chi connectivity index (χ1) is 15.1. The van der Waals surface area contributed by atoms with Gasteiger partial charge in [0.15, 0.2) is 6.10 Å². The number of hydrogen-bond acceptors (Lipinski definition) is 4. The van der Waals surface area contributed by atoms with E-state index in [1.807, 2.05) is 52.0 Å². The van der Waals surface area contributed by atoms with E-state index in [0.29, 0.717) is 17.1 Å². The lowest BCUT2D eigenvalue weighted by atomic mass is 10.1. The Kier molecular flexibility index (Phi) is 5.69. The van der Waals surface area contributed by atoms with Gasteiger partial charge in [-0.1, -0.05) is 41.5 Å². The van der Waals surface area contributed by atoms with Crippen LogP contribution >= 0.6 is 0 Å². The molecule has 7 heteroatoms. The minimum atomic E-state index is -3.88. The molecule has 3 aromatic carbocycles. The van der Waals surface area contributed by atoms with Gasteiger partial charge < -0.3 is 10.1 Å². The molecular formula is C25H26N2O4S. The standard InChI is InChI=1S/C25H26N2O4S/c1-16-5-9-20(10-6-16)32(29,30)27-15-24(31-23-14-18(3)8-12-22(23)27)25(28)26-21-11-7-17(2)13-19(21)4/h5-14,24H,15H2,1-4H3,(H,26,28). The third-order valence-electron chi connectivity index (χ3n) is 5.53. The normalized spacial score (nSPS) is 15.6. The third-order valence-corrected chi connectivity index (χ3v) is 7.32. The van der Waals surface area contributed by atoms with Gasteiger partial charge in [-0.25, -0.2) is 8.42 Å². The number of sulfonamides is 1. The number of amides is 1. The molecule has 32 heavy (non-hydrogen) atoms. The molecule has 0 aliphatic carbocycles. The van der Waals surface area contributed by atoms with Gasteiger partial charge >= 0.3 is 0 Å². The molecule has 0 spiro atoms. The lowest BCUT2D eigenvalue weighted by Crippen LogP contribution is -2.48. The van der Waals surface area contributed by atoms with Gasteiger partial charge in [0.25, 0.3) is 15.9 Å². The summed E-state index contributed by atoms with van der Waals surface area (Å²) in [5.41, 5.74) is 4.99. The molecular weight excluding hydrogens is 424 g/mol. The number of rotatable bonds is 4. The van der Waals surface area contributed by atoms with Crippen molar-refractivity contribution < 1.29 is 17.9 Å². The molecule has 1 aliphatic heterocycles. The number of nitrogens with one attached hydrogen (secondary N) is 1. The summed E-state index contributed by atoms with van der Waals surface area (Å²) >= 11 is 0. The molecule has 1 heterocycles. The zero-order valence-corrected chi connectivity index (χ0v) is 19.4. The van der Waals surface area contributed by atoms with Gasteiger partial charge in [-0.15, -0.1) is 0 Å². The molecule has 0 radical (unpaired) electrons. The molecule has 3 aromatic rings. The predicted octanol–water partition coefficient (Wildman–Crippen LogP) is 4.52. The fraction of sp³-hybridized carbons (Fsp3) is 0.240. The number of carbonyl (C=O) groups is 1. The van der Waals surface area contributed by atoms with E-state index in [1.54, 1.807) is 36.4 Å². The van der Waals surface area contributed by atoms with Crippen molar-refractivity contribution in [3.63, 3.8) is 0 Å². The second-order valence-electron chi connectivity index (χ2n) is 8.23. The number of fused-ring (bicyclic) bond motifs is 1. The molecule has 0 saturated carbocycles. The Balaban J connectivity index is 1.69. The Labute approximate surface area is 188 Å². The predicted molar refractivity (Wildman–Crippen MR) is 126 cm³/mol. The summed E-state index contributed by atoms with van der Waals surface area (Å²) in [6.45, 7) is 7.56. The quantitative estimate of drug-likeness (QED) is 0.634. The average Bonchev–Trinajstić information content (AvgIpc) is 2.74. The van der Waals surface area contributed by atoms with Crippen LogP contribution < -0.4 is 14.4 Å². The maximum absolute atomic E-state index is 13.5. The topological polar surface area (TPSA) is 75.7 Å². The second kappa shape index (κ2) is 8.31. The Hall–Kier alpha value is -3.32. The van der Waals surface area contributed by atoms with Crippen molar-refractivity contribution in [2.75, 3.05) is 16.2 Å². The summed E-state index contributed by atoms with van der Waals surface area (Å²) in [4.78, 5) is 13.3. The van der Waals surface area contributed by atoms with Gasteiger partial charge in [0.2, 0.25) is 0 Å². The Bertz CT molecular complexity index is 1280. The number of anilines is 2. The van der Waals surface area contributed by atoms with Crippen molar-refractivity contribution in [1.29, 1.82) is 0 Å². The minimum Gasteiger partial charge on any atom is -0.476 e. The van der Waals surface area contributed by atoms with Crippen LogP contribution in [0.25, 0.3) is 0 Å². The third kappa shape index (κ3) is 4.21. The van der Waals surface area contributed by atoms with Crippen LogP contribution in [-0.4, -0.2) is 27.0 Å². The van der Waals surface area contributed by atoms with Crippen LogP contribution in [0.4, 0.5) is 11.4 Å². The van der Waals surface area contributed by atoms with Crippen molar-refractivity contribution in [2.24, 2.45) is 0 Å². The van der Waals surface area contributed by atoms with Crippen molar-refractivity contribution in [3.8, 4) is 5.75 Å². The van der Waals surface area contributed by atoms with Crippen molar-refractivity contribution in [2.45, 2.75) is 38.7 Å². The van der Waals surface area contributed by atoms with Crippen LogP contribution in [0.2, 0.25) is 0 Å². The lowest BCUT2D eigenvalue weighted by Gasteiger charge is -2.35. The summed E-state index contributed by atoms with van der Waals surface area (Å²) in [5, 5.41) is 2.89. The van der Waals surface area contributed by atoms with Crippen molar-refractivity contribution in [3.05, 3.63) is 82.9 Å². The summed E-state index contributed by atoms with van der Waals surface area (Å²) in [5.74, 6) is -0.0269. The number of aryl methyl sites for hydroxylation is 4. The molecule has 1 atom stereocenters. The summed E-state index contributed by atoms with van der Waals surface area (Å²) < 4.78 is 34.2. The summed E-state index contributed by atoms with van der Waals surface area (Å²) in [6.07, 6.45) is -0.995. The van der Waals surface area contributed by atoms with Crippen molar-refractivity contribution >= 4 is 27.3 Å². The largest absolute Gasteiger partial charge is 0.476 e. The monoisotopic (exact) mass is 450 g/mol. The number of hydrogen-bond donors (Lipinski definition) is 1. The van der Waals surface area contributed by atoms with Crippen LogP contribution in [0.1, 0.15) is 22.3 Å². The maximum atomic E-state index is 13.5. The zero-order chi connectivity index (χ0) is 23.0. The van der Waals surface area contributed by atoms with Gasteiger partial charge in [-0.2, -0.15) is 0 Å². The highest BCUT2D eigenvalue weighted by molar-refractivity contribution is 7.92. The first-order valence-corrected chi connectivity index (χ1v) is 11.8. The molecule has 1 unspecified atom stereocenters. The van der Waals surface area contributed by atoms with Crippen LogP contribution in [-0.2, 0) is 14.8 Å². The first kappa shape index (κ1) is 21.9. The van der Waals surface area contributed by atoms with Gasteiger partial charge in [0.1, 0.15) is 5.75 Å². The fourth-order valence-electron chi connectivity index (χ4n) is 3.73. The lowest BCUT2D eigenvalue weighted by molar-refractivity contribution is -0.122. The zero-order valence-electron chi connectivity index (χ0n) is 18.5. The van der Waals surface area contributed by atoms with E-state index in [2.05, 4.69) is 5.32 Å². The number of nitrogens with zero attached hydrogens (tertiary/aromatic N) is 1. The van der Waals surface area contributed by atoms with Crippen LogP contribution in [0.5, 0.6) is 5.75 Å². The molecule has 1 amide bonds. The number of benzene rings is 3. The molecule has 0 aromatic heterocycles. The SMILES string of the molecule is Cc1ccc(S(=O)(=O)N2CC(C(=O)Nc3ccc(C)cc3C)Oc3cc(C)ccc32)cc1. The molecule has 4 rings (SSSR count). The average molecular weight is 451 g/mol. The van der Waals surface area contributed by atoms with E-state index in [-0.39, 0.29) is 11.4 Å². The van der Waals surface area contributed by atoms with E-state index >= 15 is 0 Å². The molecule has 0 bridgehead atoms. The van der Waals surface area contributed by atoms with Crippen LogP contribution in [0.15, 0.2) is 65.6 Å². The van der Waals surface area contributed by atoms with Gasteiger partial charge in [0, 0.05) is 5.69 Å². The highest BCUT2D eigenvalue weighted by Gasteiger charge is 2.37. The maximum Gasteiger partial charge on any atom is 0.267 e. The molecule has 1 N–H and O–H groups in total. The van der Waals surface area contributed by atoms with E-state index in [0.717, 1.165) is 22.3 Å². The fourth-order valence-corrected chi connectivity index (χ4v) is 5.21. The highest BCUT2D eigenvalue weighted by Crippen LogP contribution is 2.38. The van der Waals surface area contributed by atoms with Crippen LogP contribution in [0.3, 0.4) is 0 Å². The number of carbonyl (C=O) groups excluding carboxylic acids is 1. The molecule has 0 saturated heterocycles. The van der Waals surface area contributed by atoms with E-state index < -0.39 is 22.0 Å².